The highest BCUT2D eigenvalue weighted by molar-refractivity contribution is 8.93. The summed E-state index contributed by atoms with van der Waals surface area (Å²) in [5.41, 5.74) is 2.82. The Labute approximate surface area is 240 Å². The van der Waals surface area contributed by atoms with Gasteiger partial charge in [-0.2, -0.15) is 0 Å². The Balaban J connectivity index is 0.00000420. The maximum atomic E-state index is 15.5. The molecule has 4 rings (SSSR count). The summed E-state index contributed by atoms with van der Waals surface area (Å²) < 4.78 is 38.0. The summed E-state index contributed by atoms with van der Waals surface area (Å²) in [6.07, 6.45) is 0. The van der Waals surface area contributed by atoms with Gasteiger partial charge in [-0.1, -0.05) is 20.8 Å². The first-order valence-corrected chi connectivity index (χ1v) is 13.1. The van der Waals surface area contributed by atoms with E-state index < -0.39 is 5.82 Å². The molecule has 1 N–H and O–H groups in total. The summed E-state index contributed by atoms with van der Waals surface area (Å²) in [5, 5.41) is 8.69. The minimum atomic E-state index is -0.623. The van der Waals surface area contributed by atoms with Crippen molar-refractivity contribution >= 4 is 34.3 Å². The molecule has 1 saturated heterocycles. The molecular formula is C29H39BrFN3O5. The molecule has 0 aliphatic carbocycles. The van der Waals surface area contributed by atoms with Crippen molar-refractivity contribution in [3.63, 3.8) is 0 Å². The summed E-state index contributed by atoms with van der Waals surface area (Å²) >= 11 is 0. The van der Waals surface area contributed by atoms with Gasteiger partial charge in [0.05, 0.1) is 51.3 Å². The third kappa shape index (κ3) is 6.17. The number of halogens is 2. The second kappa shape index (κ2) is 12.6. The summed E-state index contributed by atoms with van der Waals surface area (Å²) in [7, 11) is 1.65. The molecule has 2 aromatic rings. The van der Waals surface area contributed by atoms with E-state index in [0.717, 1.165) is 17.0 Å². The smallest absolute Gasteiger partial charge is 0.197 e. The molecule has 0 unspecified atom stereocenters. The Morgan fingerprint density at radius 3 is 2.33 bits per heavy atom. The third-order valence-corrected chi connectivity index (χ3v) is 6.86. The molecule has 39 heavy (non-hydrogen) atoms. The number of rotatable bonds is 9. The number of nitrogens with zero attached hydrogens (tertiary/aromatic N) is 2. The Bertz CT molecular complexity index is 1220. The molecule has 0 bridgehead atoms. The highest BCUT2D eigenvalue weighted by Gasteiger charge is 2.34. The first kappa shape index (κ1) is 30.7. The number of ether oxygens (including phenoxy) is 4. The van der Waals surface area contributed by atoms with Gasteiger partial charge in [0.25, 0.3) is 0 Å². The van der Waals surface area contributed by atoms with Gasteiger partial charge < -0.3 is 28.7 Å². The van der Waals surface area contributed by atoms with E-state index in [-0.39, 0.29) is 65.0 Å². The fraction of sp³-hybridized carbons (Fsp3) is 0.517. The lowest BCUT2D eigenvalue weighted by atomic mass is 9.84. The average Bonchev–Trinajstić information content (AvgIpc) is 3.20. The molecule has 0 amide bonds. The van der Waals surface area contributed by atoms with E-state index in [1.165, 1.54) is 0 Å². The summed E-state index contributed by atoms with van der Waals surface area (Å²) in [5.74, 6) is 0.263. The Hall–Kier alpha value is -2.85. The predicted octanol–water partition coefficient (Wildman–Crippen LogP) is 5.37. The van der Waals surface area contributed by atoms with Gasteiger partial charge in [-0.25, -0.2) is 4.39 Å². The Morgan fingerprint density at radius 2 is 1.74 bits per heavy atom. The number of fused-ring (bicyclic) bond motifs is 1. The van der Waals surface area contributed by atoms with Crippen LogP contribution in [0.2, 0.25) is 0 Å². The van der Waals surface area contributed by atoms with Crippen molar-refractivity contribution in [3.8, 4) is 17.2 Å². The average molecular weight is 609 g/mol. The van der Waals surface area contributed by atoms with E-state index in [2.05, 4.69) is 25.7 Å². The van der Waals surface area contributed by atoms with Crippen LogP contribution in [0.1, 0.15) is 61.7 Å². The van der Waals surface area contributed by atoms with Crippen molar-refractivity contribution in [2.45, 2.75) is 46.6 Å². The number of anilines is 1. The number of hydrogen-bond donors (Lipinski definition) is 1. The van der Waals surface area contributed by atoms with Gasteiger partial charge in [-0.05, 0) is 43.0 Å². The largest absolute Gasteiger partial charge is 0.494 e. The Morgan fingerprint density at radius 1 is 1.08 bits per heavy atom. The van der Waals surface area contributed by atoms with Gasteiger partial charge in [0.1, 0.15) is 11.6 Å². The highest BCUT2D eigenvalue weighted by atomic mass is 79.9. The fourth-order valence-corrected chi connectivity index (χ4v) is 5.01. The molecule has 2 aliphatic heterocycles. The van der Waals surface area contributed by atoms with Gasteiger partial charge in [-0.3, -0.25) is 10.2 Å². The lowest BCUT2D eigenvalue weighted by Gasteiger charge is -2.33. The normalized spacial score (nSPS) is 15.1. The second-order valence-electron chi connectivity index (χ2n) is 10.5. The maximum absolute atomic E-state index is 15.5. The van der Waals surface area contributed by atoms with Gasteiger partial charge in [0.15, 0.2) is 23.1 Å². The molecule has 0 atom stereocenters. The van der Waals surface area contributed by atoms with Crippen LogP contribution in [-0.2, 0) is 16.7 Å². The molecule has 0 aromatic heterocycles. The molecule has 1 fully saturated rings. The van der Waals surface area contributed by atoms with Crippen LogP contribution < -0.4 is 19.1 Å². The minimum Gasteiger partial charge on any atom is -0.494 e. The first-order chi connectivity index (χ1) is 18.1. The minimum absolute atomic E-state index is 0. The van der Waals surface area contributed by atoms with Crippen LogP contribution in [0.3, 0.4) is 0 Å². The number of Topliss-reactive ketones (excluding diaryl/α,β-unsaturated/α-hetero) is 1. The number of nitrogens with one attached hydrogen (secondary N) is 1. The van der Waals surface area contributed by atoms with Crippen molar-refractivity contribution in [2.24, 2.45) is 0 Å². The lowest BCUT2D eigenvalue weighted by molar-refractivity contribution is 0.0962. The topological polar surface area (TPSA) is 84.3 Å². The molecule has 2 aliphatic rings. The molecule has 214 valence electrons. The molecule has 0 spiro atoms. The third-order valence-electron chi connectivity index (χ3n) is 6.86. The summed E-state index contributed by atoms with van der Waals surface area (Å²) in [6, 6.07) is 5.47. The summed E-state index contributed by atoms with van der Waals surface area (Å²) in [4.78, 5) is 17.4. The monoisotopic (exact) mass is 607 g/mol. The zero-order valence-electron chi connectivity index (χ0n) is 23.6. The number of amidine groups is 1. The predicted molar refractivity (Wildman–Crippen MR) is 155 cm³/mol. The first-order valence-electron chi connectivity index (χ1n) is 13.1. The SMILES string of the molecule is Br.CCOc1cc2c(c(F)c1OCC)C(=N)N(CC(=O)c1cc(N3CCOCC3)c(OC)c(C(C)(C)C)c1)C2. The highest BCUT2D eigenvalue weighted by Crippen LogP contribution is 2.41. The number of carbonyl (C=O) groups is 1. The van der Waals surface area contributed by atoms with Crippen LogP contribution in [0.4, 0.5) is 10.1 Å². The molecule has 0 saturated carbocycles. The standard InChI is InChI=1S/C29H38FN3O5.BrH/c1-7-37-23-15-19-16-33(28(31)24(19)25(30)27(23)38-8-2)17-22(34)18-13-20(29(3,4)5)26(35-6)21(14-18)32-9-11-36-12-10-32;/h13-15,31H,7-12,16-17H2,1-6H3;1H. The van der Waals surface area contributed by atoms with Gasteiger partial charge in [0, 0.05) is 30.8 Å². The molecular weight excluding hydrogens is 569 g/mol. The van der Waals surface area contributed by atoms with E-state index >= 15 is 4.39 Å². The van der Waals surface area contributed by atoms with E-state index in [1.54, 1.807) is 25.0 Å². The number of methoxy groups -OCH3 is 1. The van der Waals surface area contributed by atoms with Crippen LogP contribution in [0, 0.1) is 11.2 Å². The van der Waals surface area contributed by atoms with E-state index in [4.69, 9.17) is 24.4 Å². The molecule has 0 radical (unpaired) electrons. The quantitative estimate of drug-likeness (QED) is 0.384. The zero-order valence-corrected chi connectivity index (χ0v) is 25.3. The molecule has 2 aromatic carbocycles. The van der Waals surface area contributed by atoms with E-state index in [1.807, 2.05) is 19.1 Å². The van der Waals surface area contributed by atoms with Crippen LogP contribution in [0.15, 0.2) is 18.2 Å². The molecule has 2 heterocycles. The number of ketones is 1. The summed E-state index contributed by atoms with van der Waals surface area (Å²) in [6.45, 7) is 13.3. The lowest BCUT2D eigenvalue weighted by Crippen LogP contribution is -2.37. The van der Waals surface area contributed by atoms with E-state index in [0.29, 0.717) is 49.8 Å². The fourth-order valence-electron chi connectivity index (χ4n) is 5.01. The van der Waals surface area contributed by atoms with E-state index in [9.17, 15) is 4.79 Å². The van der Waals surface area contributed by atoms with Gasteiger partial charge in [0.2, 0.25) is 0 Å². The van der Waals surface area contributed by atoms with Crippen LogP contribution in [0.25, 0.3) is 0 Å². The van der Waals surface area contributed by atoms with Crippen molar-refractivity contribution in [3.05, 3.63) is 46.3 Å². The number of hydrogen-bond acceptors (Lipinski definition) is 7. The van der Waals surface area contributed by atoms with Crippen LogP contribution >= 0.6 is 17.0 Å². The van der Waals surface area contributed by atoms with Crippen molar-refractivity contribution in [1.82, 2.24) is 4.90 Å². The van der Waals surface area contributed by atoms with Crippen molar-refractivity contribution < 1.29 is 28.1 Å². The number of morpholine rings is 1. The Kier molecular flexibility index (Phi) is 9.88. The zero-order chi connectivity index (χ0) is 27.6. The molecule has 10 heteroatoms. The number of benzene rings is 2. The second-order valence-corrected chi connectivity index (χ2v) is 10.5. The van der Waals surface area contributed by atoms with Gasteiger partial charge >= 0.3 is 0 Å². The van der Waals surface area contributed by atoms with Crippen LogP contribution in [0.5, 0.6) is 17.2 Å². The van der Waals surface area contributed by atoms with Gasteiger partial charge in [-0.15, -0.1) is 17.0 Å². The number of carbonyl (C=O) groups excluding carboxylic acids is 1. The molecule has 8 nitrogen and oxygen atoms in total. The van der Waals surface area contributed by atoms with Crippen molar-refractivity contribution in [2.75, 3.05) is 58.1 Å². The maximum Gasteiger partial charge on any atom is 0.197 e. The van der Waals surface area contributed by atoms with Crippen LogP contribution in [-0.4, -0.2) is 69.7 Å². The van der Waals surface area contributed by atoms with Crippen molar-refractivity contribution in [1.29, 1.82) is 5.41 Å².